The maximum absolute atomic E-state index is 14.0. The zero-order valence-electron chi connectivity index (χ0n) is 21.5. The van der Waals surface area contributed by atoms with E-state index >= 15 is 0 Å². The normalized spacial score (nSPS) is 24.3. The van der Waals surface area contributed by atoms with E-state index in [1.54, 1.807) is 11.0 Å². The molecule has 5 rings (SSSR count). The number of amides is 2. The Hall–Kier alpha value is -2.95. The molecule has 0 saturated carbocycles. The summed E-state index contributed by atoms with van der Waals surface area (Å²) in [6, 6.07) is 9.21. The molecule has 1 atom stereocenters. The van der Waals surface area contributed by atoms with Crippen LogP contribution in [0.3, 0.4) is 0 Å². The van der Waals surface area contributed by atoms with Gasteiger partial charge in [0.25, 0.3) is 15.9 Å². The Kier molecular flexibility index (Phi) is 7.98. The first-order valence-electron chi connectivity index (χ1n) is 13.2. The molecule has 2 aromatic carbocycles. The van der Waals surface area contributed by atoms with E-state index in [0.29, 0.717) is 45.4 Å². The lowest BCUT2D eigenvalue weighted by molar-refractivity contribution is -0.133. The highest BCUT2D eigenvalue weighted by atomic mass is 35.5. The van der Waals surface area contributed by atoms with Crippen molar-refractivity contribution in [3.63, 3.8) is 0 Å². The predicted molar refractivity (Wildman–Crippen MR) is 148 cm³/mol. The van der Waals surface area contributed by atoms with Crippen LogP contribution in [0.25, 0.3) is 0 Å². The van der Waals surface area contributed by atoms with Gasteiger partial charge in [-0.1, -0.05) is 23.8 Å². The monoisotopic (exact) mass is 574 g/mol. The zero-order chi connectivity index (χ0) is 27.6. The van der Waals surface area contributed by atoms with Gasteiger partial charge >= 0.3 is 0 Å². The Bertz CT molecular complexity index is 1380. The van der Waals surface area contributed by atoms with Crippen molar-refractivity contribution < 1.29 is 22.4 Å². The lowest BCUT2D eigenvalue weighted by Crippen LogP contribution is -2.55. The summed E-state index contributed by atoms with van der Waals surface area (Å²) >= 11 is 6.40. The lowest BCUT2D eigenvalue weighted by atomic mass is 9.75. The third kappa shape index (κ3) is 5.69. The van der Waals surface area contributed by atoms with Gasteiger partial charge in [0.1, 0.15) is 10.7 Å². The molecule has 8 nitrogen and oxygen atoms in total. The number of allylic oxidation sites excluding steroid dienone is 1. The van der Waals surface area contributed by atoms with Crippen LogP contribution in [0.4, 0.5) is 10.1 Å². The van der Waals surface area contributed by atoms with Gasteiger partial charge in [-0.2, -0.15) is 0 Å². The second kappa shape index (κ2) is 11.3. The number of nitrogens with zero attached hydrogens (tertiary/aromatic N) is 2. The molecule has 3 heterocycles. The number of sulfonamides is 1. The molecule has 3 aliphatic rings. The molecule has 0 aliphatic carbocycles. The summed E-state index contributed by atoms with van der Waals surface area (Å²) in [7, 11) is -4.24. The van der Waals surface area contributed by atoms with Crippen molar-refractivity contribution in [2.45, 2.75) is 43.0 Å². The largest absolute Gasteiger partial charge is 0.351 e. The Morgan fingerprint density at radius 3 is 2.51 bits per heavy atom. The number of piperidine rings is 2. The average Bonchev–Trinajstić information content (AvgIpc) is 2.93. The van der Waals surface area contributed by atoms with Crippen LogP contribution in [0.5, 0.6) is 0 Å². The fourth-order valence-electron chi connectivity index (χ4n) is 5.61. The molecule has 4 bridgehead atoms. The molecule has 2 N–H and O–H groups in total. The van der Waals surface area contributed by atoms with E-state index in [1.165, 1.54) is 42.5 Å². The molecule has 11 heteroatoms. The summed E-state index contributed by atoms with van der Waals surface area (Å²) in [6.45, 7) is 2.21. The van der Waals surface area contributed by atoms with Crippen LogP contribution in [0, 0.1) is 11.2 Å². The zero-order valence-corrected chi connectivity index (χ0v) is 23.1. The maximum Gasteiger partial charge on any atom is 0.266 e. The van der Waals surface area contributed by atoms with E-state index in [-0.39, 0.29) is 45.6 Å². The molecular weight excluding hydrogens is 543 g/mol. The fourth-order valence-corrected chi connectivity index (χ4v) is 7.53. The highest BCUT2D eigenvalue weighted by Crippen LogP contribution is 2.35. The highest BCUT2D eigenvalue weighted by Gasteiger charge is 2.40. The molecule has 3 aliphatic heterocycles. The van der Waals surface area contributed by atoms with Crippen molar-refractivity contribution in [3.05, 3.63) is 71.0 Å². The van der Waals surface area contributed by atoms with Crippen LogP contribution < -0.4 is 14.9 Å². The van der Waals surface area contributed by atoms with E-state index in [4.69, 9.17) is 11.6 Å². The van der Waals surface area contributed by atoms with Gasteiger partial charge in [-0.15, -0.1) is 0 Å². The predicted octanol–water partition coefficient (Wildman–Crippen LogP) is 3.72. The number of hydrogen-bond donors (Lipinski definition) is 2. The van der Waals surface area contributed by atoms with Gasteiger partial charge in [0.15, 0.2) is 0 Å². The summed E-state index contributed by atoms with van der Waals surface area (Å²) in [5.41, 5.74) is -0.178. The van der Waals surface area contributed by atoms with Crippen molar-refractivity contribution in [1.29, 1.82) is 0 Å². The fraction of sp³-hybridized carbons (Fsp3) is 0.429. The van der Waals surface area contributed by atoms with E-state index in [9.17, 15) is 22.4 Å². The molecule has 39 heavy (non-hydrogen) atoms. The summed E-state index contributed by atoms with van der Waals surface area (Å²) < 4.78 is 42.8. The van der Waals surface area contributed by atoms with E-state index in [2.05, 4.69) is 10.6 Å². The van der Waals surface area contributed by atoms with Crippen LogP contribution in [0.2, 0.25) is 5.02 Å². The topological polar surface area (TPSA) is 98.8 Å². The Morgan fingerprint density at radius 2 is 1.77 bits per heavy atom. The molecule has 0 unspecified atom stereocenters. The molecule has 208 valence electrons. The minimum atomic E-state index is -4.24. The molecule has 1 spiro atoms. The SMILES string of the molecule is O=C1c2ccc(Cl)c(c2)S(=O)(=O)N(c2ccc(F)cc2)C/C=C/CC2(CCNCC2)C(=O)N[C@H]2CCCN1C2. The summed E-state index contributed by atoms with van der Waals surface area (Å²) in [5.74, 6) is -0.846. The number of nitrogens with one attached hydrogen (secondary N) is 2. The van der Waals surface area contributed by atoms with Crippen LogP contribution in [-0.4, -0.2) is 63.9 Å². The second-order valence-corrected chi connectivity index (χ2v) is 12.7. The number of anilines is 1. The first kappa shape index (κ1) is 27.6. The minimum Gasteiger partial charge on any atom is -0.351 e. The van der Waals surface area contributed by atoms with Crippen molar-refractivity contribution in [2.24, 2.45) is 5.41 Å². The number of benzene rings is 2. The molecule has 2 amide bonds. The summed E-state index contributed by atoms with van der Waals surface area (Å²) in [6.07, 6.45) is 6.82. The average molecular weight is 575 g/mol. The third-order valence-corrected chi connectivity index (χ3v) is 10.2. The standard InChI is InChI=1S/C28H32ClFN4O4S/c29-24-10-5-20-18-25(24)39(37,38)34(23-8-6-21(30)7-9-23)17-2-1-11-28(12-14-31-15-13-28)27(36)32-22-4-3-16-33(19-22)26(20)35/h1-2,5-10,18,22,31H,3-4,11-17,19H2,(H,32,36)/b2-1+/t22-/m0/s1. The first-order valence-corrected chi connectivity index (χ1v) is 15.1. The van der Waals surface area contributed by atoms with Crippen molar-refractivity contribution in [1.82, 2.24) is 15.5 Å². The van der Waals surface area contributed by atoms with Gasteiger partial charge < -0.3 is 15.5 Å². The third-order valence-electron chi connectivity index (χ3n) is 7.89. The number of fused-ring (bicyclic) bond motifs is 4. The van der Waals surface area contributed by atoms with E-state index in [0.717, 1.165) is 17.1 Å². The van der Waals surface area contributed by atoms with Crippen LogP contribution in [0.1, 0.15) is 42.5 Å². The van der Waals surface area contributed by atoms with Crippen molar-refractivity contribution in [3.8, 4) is 0 Å². The Balaban J connectivity index is 1.60. The molecule has 2 fully saturated rings. The maximum atomic E-state index is 14.0. The van der Waals surface area contributed by atoms with Crippen LogP contribution in [-0.2, 0) is 14.8 Å². The van der Waals surface area contributed by atoms with Gasteiger partial charge in [0.05, 0.1) is 22.7 Å². The van der Waals surface area contributed by atoms with Crippen LogP contribution >= 0.6 is 11.6 Å². The quantitative estimate of drug-likeness (QED) is 0.506. The molecule has 0 radical (unpaired) electrons. The number of halogens is 2. The number of hydrogen-bond acceptors (Lipinski definition) is 5. The molecule has 2 saturated heterocycles. The van der Waals surface area contributed by atoms with Gasteiger partial charge in [-0.05, 0) is 87.7 Å². The first-order chi connectivity index (χ1) is 18.7. The molecule has 2 aromatic rings. The minimum absolute atomic E-state index is 0.0128. The van der Waals surface area contributed by atoms with E-state index < -0.39 is 21.3 Å². The van der Waals surface area contributed by atoms with Crippen LogP contribution in [0.15, 0.2) is 59.5 Å². The smallest absolute Gasteiger partial charge is 0.266 e. The second-order valence-electron chi connectivity index (χ2n) is 10.4. The van der Waals surface area contributed by atoms with Crippen molar-refractivity contribution in [2.75, 3.05) is 37.0 Å². The van der Waals surface area contributed by atoms with Gasteiger partial charge in [0.2, 0.25) is 5.91 Å². The highest BCUT2D eigenvalue weighted by molar-refractivity contribution is 7.93. The summed E-state index contributed by atoms with van der Waals surface area (Å²) in [4.78, 5) is 28.6. The van der Waals surface area contributed by atoms with E-state index in [1.807, 2.05) is 6.08 Å². The number of rotatable bonds is 1. The van der Waals surface area contributed by atoms with Gasteiger partial charge in [0, 0.05) is 24.7 Å². The van der Waals surface area contributed by atoms with Crippen molar-refractivity contribution >= 4 is 39.1 Å². The lowest BCUT2D eigenvalue weighted by Gasteiger charge is -2.39. The molecular formula is C28H32ClFN4O4S. The summed E-state index contributed by atoms with van der Waals surface area (Å²) in [5, 5.41) is 6.52. The molecule has 0 aromatic heterocycles. The number of carbonyl (C=O) groups is 2. The number of carbonyl (C=O) groups excluding carboxylic acids is 2. The Morgan fingerprint density at radius 1 is 1.03 bits per heavy atom. The van der Waals surface area contributed by atoms with Gasteiger partial charge in [-0.25, -0.2) is 12.8 Å². The Labute approximate surface area is 233 Å². The van der Waals surface area contributed by atoms with Gasteiger partial charge in [-0.3, -0.25) is 13.9 Å².